The van der Waals surface area contributed by atoms with Crippen molar-refractivity contribution in [3.63, 3.8) is 0 Å². The molecule has 1 saturated heterocycles. The summed E-state index contributed by atoms with van der Waals surface area (Å²) >= 11 is 0. The van der Waals surface area contributed by atoms with Crippen LogP contribution in [0.25, 0.3) is 11.0 Å². The number of piperidine rings is 1. The van der Waals surface area contributed by atoms with E-state index in [1.54, 1.807) is 0 Å². The Morgan fingerprint density at radius 2 is 1.96 bits per heavy atom. The van der Waals surface area contributed by atoms with Crippen LogP contribution >= 0.6 is 12.4 Å². The molecule has 2 aromatic heterocycles. The van der Waals surface area contributed by atoms with Crippen LogP contribution in [-0.4, -0.2) is 33.2 Å². The molecule has 1 unspecified atom stereocenters. The first-order valence-electron chi connectivity index (χ1n) is 8.51. The fraction of sp³-hybridized carbons (Fsp3) is 0.444. The van der Waals surface area contributed by atoms with Crippen molar-refractivity contribution in [2.24, 2.45) is 0 Å². The number of nitrogens with zero attached hydrogens (tertiary/aromatic N) is 5. The molecule has 3 aromatic rings. The van der Waals surface area contributed by atoms with Crippen molar-refractivity contribution in [1.82, 2.24) is 20.1 Å². The molecule has 25 heavy (non-hydrogen) atoms. The van der Waals surface area contributed by atoms with Gasteiger partial charge in [0.15, 0.2) is 5.82 Å². The van der Waals surface area contributed by atoms with E-state index in [9.17, 15) is 0 Å². The summed E-state index contributed by atoms with van der Waals surface area (Å²) in [7, 11) is 0. The molecule has 6 nitrogen and oxygen atoms in total. The number of rotatable bonds is 3. The van der Waals surface area contributed by atoms with Crippen molar-refractivity contribution in [2.75, 3.05) is 18.0 Å². The molecule has 0 bridgehead atoms. The number of benzene rings is 1. The minimum Gasteiger partial charge on any atom is -0.355 e. The first kappa shape index (κ1) is 17.6. The van der Waals surface area contributed by atoms with E-state index in [0.717, 1.165) is 54.5 Å². The quantitative estimate of drug-likeness (QED) is 0.705. The second-order valence-corrected chi connectivity index (χ2v) is 6.65. The minimum absolute atomic E-state index is 0. The van der Waals surface area contributed by atoms with E-state index in [1.807, 2.05) is 30.5 Å². The number of anilines is 1. The highest BCUT2D eigenvalue weighted by Gasteiger charge is 2.27. The Morgan fingerprint density at radius 1 is 1.16 bits per heavy atom. The van der Waals surface area contributed by atoms with E-state index in [2.05, 4.69) is 33.9 Å². The fourth-order valence-electron chi connectivity index (χ4n) is 3.13. The van der Waals surface area contributed by atoms with Crippen LogP contribution in [0.1, 0.15) is 50.2 Å². The number of para-hydroxylation sites is 2. The highest BCUT2D eigenvalue weighted by molar-refractivity contribution is 5.85. The Kier molecular flexibility index (Phi) is 5.18. The lowest BCUT2D eigenvalue weighted by molar-refractivity contribution is 0.329. The topological polar surface area (TPSA) is 67.9 Å². The number of aromatic nitrogens is 4. The molecule has 4 rings (SSSR count). The maximum Gasteiger partial charge on any atom is 0.231 e. The molecule has 0 radical (unpaired) electrons. The van der Waals surface area contributed by atoms with Crippen LogP contribution in [-0.2, 0) is 0 Å². The Balaban J connectivity index is 0.00000182. The van der Waals surface area contributed by atoms with Gasteiger partial charge in [0.2, 0.25) is 5.89 Å². The summed E-state index contributed by atoms with van der Waals surface area (Å²) in [5.41, 5.74) is 1.85. The van der Waals surface area contributed by atoms with Crippen molar-refractivity contribution in [2.45, 2.75) is 38.5 Å². The molecule has 1 fully saturated rings. The van der Waals surface area contributed by atoms with Gasteiger partial charge in [0.05, 0.1) is 23.1 Å². The van der Waals surface area contributed by atoms with Crippen LogP contribution in [0.5, 0.6) is 0 Å². The van der Waals surface area contributed by atoms with E-state index < -0.39 is 0 Å². The first-order valence-corrected chi connectivity index (χ1v) is 8.51. The van der Waals surface area contributed by atoms with Crippen LogP contribution in [0.2, 0.25) is 0 Å². The Labute approximate surface area is 153 Å². The van der Waals surface area contributed by atoms with Gasteiger partial charge in [-0.3, -0.25) is 4.98 Å². The molecule has 0 amide bonds. The second-order valence-electron chi connectivity index (χ2n) is 6.65. The zero-order valence-corrected chi connectivity index (χ0v) is 15.2. The van der Waals surface area contributed by atoms with E-state index in [-0.39, 0.29) is 24.2 Å². The number of hydrogen-bond acceptors (Lipinski definition) is 6. The molecule has 1 aromatic carbocycles. The van der Waals surface area contributed by atoms with Gasteiger partial charge in [0, 0.05) is 19.0 Å². The first-order chi connectivity index (χ1) is 11.7. The fourth-order valence-corrected chi connectivity index (χ4v) is 3.13. The zero-order valence-electron chi connectivity index (χ0n) is 14.4. The van der Waals surface area contributed by atoms with Gasteiger partial charge in [0.25, 0.3) is 0 Å². The van der Waals surface area contributed by atoms with Crippen molar-refractivity contribution >= 4 is 29.3 Å². The monoisotopic (exact) mass is 359 g/mol. The molecular formula is C18H22ClN5O. The molecule has 1 aliphatic heterocycles. The van der Waals surface area contributed by atoms with Gasteiger partial charge in [-0.2, -0.15) is 4.98 Å². The Bertz CT molecular complexity index is 850. The number of fused-ring (bicyclic) bond motifs is 1. The normalized spacial score (nSPS) is 17.7. The van der Waals surface area contributed by atoms with Crippen LogP contribution in [0.4, 0.5) is 5.82 Å². The van der Waals surface area contributed by atoms with Crippen LogP contribution in [0.15, 0.2) is 35.0 Å². The van der Waals surface area contributed by atoms with E-state index in [0.29, 0.717) is 0 Å². The van der Waals surface area contributed by atoms with Crippen molar-refractivity contribution in [3.05, 3.63) is 42.2 Å². The van der Waals surface area contributed by atoms with Crippen molar-refractivity contribution in [1.29, 1.82) is 0 Å². The van der Waals surface area contributed by atoms with Crippen molar-refractivity contribution < 1.29 is 4.52 Å². The number of hydrogen-bond donors (Lipinski definition) is 0. The molecule has 0 saturated carbocycles. The predicted octanol–water partition coefficient (Wildman–Crippen LogP) is 3.94. The third-order valence-corrected chi connectivity index (χ3v) is 4.50. The molecule has 0 aliphatic carbocycles. The lowest BCUT2D eigenvalue weighted by Crippen LogP contribution is -2.35. The average Bonchev–Trinajstić information content (AvgIpc) is 3.12. The molecule has 1 atom stereocenters. The third kappa shape index (κ3) is 3.58. The van der Waals surface area contributed by atoms with E-state index in [4.69, 9.17) is 9.51 Å². The number of halogens is 1. The maximum atomic E-state index is 5.50. The summed E-state index contributed by atoms with van der Waals surface area (Å²) in [4.78, 5) is 16.1. The smallest absolute Gasteiger partial charge is 0.231 e. The van der Waals surface area contributed by atoms with Gasteiger partial charge in [-0.25, -0.2) is 4.98 Å². The largest absolute Gasteiger partial charge is 0.355 e. The predicted molar refractivity (Wildman–Crippen MR) is 99.4 cm³/mol. The molecule has 3 heterocycles. The molecule has 0 N–H and O–H groups in total. The van der Waals surface area contributed by atoms with Gasteiger partial charge in [-0.1, -0.05) is 31.1 Å². The van der Waals surface area contributed by atoms with Crippen molar-refractivity contribution in [3.8, 4) is 0 Å². The summed E-state index contributed by atoms with van der Waals surface area (Å²) in [6.07, 6.45) is 4.01. The molecule has 132 valence electrons. The van der Waals surface area contributed by atoms with Crippen LogP contribution in [0, 0.1) is 0 Å². The molecule has 0 spiro atoms. The van der Waals surface area contributed by atoms with Crippen LogP contribution in [0.3, 0.4) is 0 Å². The van der Waals surface area contributed by atoms with Gasteiger partial charge >= 0.3 is 0 Å². The lowest BCUT2D eigenvalue weighted by Gasteiger charge is -2.31. The zero-order chi connectivity index (χ0) is 16.5. The SMILES string of the molecule is CC(C)c1noc(C2CCCN(c3cnc4ccccc4n3)C2)n1.Cl. The summed E-state index contributed by atoms with van der Waals surface area (Å²) in [5.74, 6) is 2.99. The minimum atomic E-state index is 0. The van der Waals surface area contributed by atoms with E-state index in [1.165, 1.54) is 0 Å². The summed E-state index contributed by atoms with van der Waals surface area (Å²) < 4.78 is 5.50. The Morgan fingerprint density at radius 3 is 2.72 bits per heavy atom. The average molecular weight is 360 g/mol. The summed E-state index contributed by atoms with van der Waals surface area (Å²) in [5, 5.41) is 4.10. The highest BCUT2D eigenvalue weighted by atomic mass is 35.5. The van der Waals surface area contributed by atoms with Gasteiger partial charge in [-0.15, -0.1) is 12.4 Å². The maximum absolute atomic E-state index is 5.50. The molecule has 1 aliphatic rings. The standard InChI is InChI=1S/C18H21N5O.ClH/c1-12(2)17-21-18(24-22-17)13-6-5-9-23(11-13)16-10-19-14-7-3-4-8-15(14)20-16;/h3-4,7-8,10,12-13H,5-6,9,11H2,1-2H3;1H. The third-order valence-electron chi connectivity index (χ3n) is 4.50. The van der Waals surface area contributed by atoms with Gasteiger partial charge in [-0.05, 0) is 25.0 Å². The van der Waals surface area contributed by atoms with E-state index >= 15 is 0 Å². The van der Waals surface area contributed by atoms with Gasteiger partial charge in [0.1, 0.15) is 5.82 Å². The van der Waals surface area contributed by atoms with Gasteiger partial charge < -0.3 is 9.42 Å². The summed E-state index contributed by atoms with van der Waals surface area (Å²) in [6, 6.07) is 7.96. The highest BCUT2D eigenvalue weighted by Crippen LogP contribution is 2.29. The Hall–Kier alpha value is -2.21. The lowest BCUT2D eigenvalue weighted by atomic mass is 9.98. The van der Waals surface area contributed by atoms with Crippen LogP contribution < -0.4 is 4.90 Å². The molecule has 7 heteroatoms. The molecular weight excluding hydrogens is 338 g/mol. The second kappa shape index (κ2) is 7.35. The summed E-state index contributed by atoms with van der Waals surface area (Å²) in [6.45, 7) is 5.97.